The highest BCUT2D eigenvalue weighted by Crippen LogP contribution is 2.18. The zero-order valence-electron chi connectivity index (χ0n) is 12.6. The highest BCUT2D eigenvalue weighted by atomic mass is 16.5. The van der Waals surface area contributed by atoms with Crippen LogP contribution < -0.4 is 10.1 Å². The molecule has 1 aliphatic heterocycles. The van der Waals surface area contributed by atoms with Gasteiger partial charge in [-0.25, -0.2) is 0 Å². The zero-order chi connectivity index (χ0) is 13.9. The Labute approximate surface area is 116 Å². The van der Waals surface area contributed by atoms with Crippen molar-refractivity contribution in [3.8, 4) is 5.75 Å². The number of rotatable bonds is 4. The third-order valence-electron chi connectivity index (χ3n) is 3.80. The van der Waals surface area contributed by atoms with Gasteiger partial charge in [-0.05, 0) is 51.0 Å². The third-order valence-corrected chi connectivity index (χ3v) is 3.80. The Balaban J connectivity index is 1.86. The van der Waals surface area contributed by atoms with Crippen molar-refractivity contribution in [3.63, 3.8) is 0 Å². The molecule has 0 unspecified atom stereocenters. The van der Waals surface area contributed by atoms with Crippen molar-refractivity contribution in [2.45, 2.75) is 33.2 Å². The van der Waals surface area contributed by atoms with E-state index in [0.29, 0.717) is 0 Å². The molecule has 1 heterocycles. The maximum absolute atomic E-state index is 5.90. The largest absolute Gasteiger partial charge is 0.492 e. The zero-order valence-corrected chi connectivity index (χ0v) is 12.6. The number of nitrogens with one attached hydrogen (secondary N) is 1. The van der Waals surface area contributed by atoms with Crippen LogP contribution in [-0.4, -0.2) is 43.2 Å². The van der Waals surface area contributed by atoms with Crippen molar-refractivity contribution >= 4 is 0 Å². The quantitative estimate of drug-likeness (QED) is 0.901. The van der Waals surface area contributed by atoms with E-state index in [2.05, 4.69) is 56.1 Å². The summed E-state index contributed by atoms with van der Waals surface area (Å²) in [6, 6.07) is 6.39. The van der Waals surface area contributed by atoms with Crippen LogP contribution in [0, 0.1) is 13.8 Å². The summed E-state index contributed by atoms with van der Waals surface area (Å²) in [6.07, 6.45) is 0. The number of ether oxygens (including phenoxy) is 1. The van der Waals surface area contributed by atoms with Crippen LogP contribution in [0.4, 0.5) is 0 Å². The van der Waals surface area contributed by atoms with Gasteiger partial charge in [-0.3, -0.25) is 4.90 Å². The first-order valence-corrected chi connectivity index (χ1v) is 7.14. The summed E-state index contributed by atoms with van der Waals surface area (Å²) < 4.78 is 5.90. The smallest absolute Gasteiger partial charge is 0.119 e. The van der Waals surface area contributed by atoms with E-state index in [1.807, 2.05) is 0 Å². The lowest BCUT2D eigenvalue weighted by atomic mass is 10.0. The highest BCUT2D eigenvalue weighted by molar-refractivity contribution is 5.32. The van der Waals surface area contributed by atoms with Crippen LogP contribution in [0.2, 0.25) is 0 Å². The molecule has 0 bridgehead atoms. The standard InChI is InChI=1S/C16H26N2O/c1-13-9-14(2)11-15(10-13)19-8-7-18-6-5-17-12-16(18,3)4/h9-11,17H,5-8,12H2,1-4H3. The number of hydrogen-bond acceptors (Lipinski definition) is 3. The fourth-order valence-electron chi connectivity index (χ4n) is 2.73. The minimum Gasteiger partial charge on any atom is -0.492 e. The molecular weight excluding hydrogens is 236 g/mol. The van der Waals surface area contributed by atoms with E-state index in [9.17, 15) is 0 Å². The van der Waals surface area contributed by atoms with Crippen molar-refractivity contribution in [2.24, 2.45) is 0 Å². The summed E-state index contributed by atoms with van der Waals surface area (Å²) in [6.45, 7) is 13.8. The molecule has 3 heteroatoms. The van der Waals surface area contributed by atoms with E-state index in [0.717, 1.165) is 38.5 Å². The van der Waals surface area contributed by atoms with Crippen LogP contribution in [0.3, 0.4) is 0 Å². The van der Waals surface area contributed by atoms with Crippen LogP contribution in [0.5, 0.6) is 5.75 Å². The van der Waals surface area contributed by atoms with Gasteiger partial charge in [-0.1, -0.05) is 6.07 Å². The summed E-state index contributed by atoms with van der Waals surface area (Å²) in [4.78, 5) is 2.51. The first-order chi connectivity index (χ1) is 8.97. The van der Waals surface area contributed by atoms with Gasteiger partial charge in [0.15, 0.2) is 0 Å². The van der Waals surface area contributed by atoms with E-state index in [-0.39, 0.29) is 5.54 Å². The summed E-state index contributed by atoms with van der Waals surface area (Å²) >= 11 is 0. The lowest BCUT2D eigenvalue weighted by Gasteiger charge is -2.42. The molecule has 0 aliphatic carbocycles. The average molecular weight is 262 g/mol. The second-order valence-corrected chi connectivity index (χ2v) is 6.15. The maximum atomic E-state index is 5.90. The molecule has 1 aliphatic rings. The SMILES string of the molecule is Cc1cc(C)cc(OCCN2CCNCC2(C)C)c1. The molecule has 0 radical (unpaired) electrons. The Morgan fingerprint density at radius 1 is 1.21 bits per heavy atom. The van der Waals surface area contributed by atoms with Gasteiger partial charge in [0.1, 0.15) is 12.4 Å². The Hall–Kier alpha value is -1.06. The second kappa shape index (κ2) is 5.93. The van der Waals surface area contributed by atoms with Crippen LogP contribution >= 0.6 is 0 Å². The van der Waals surface area contributed by atoms with Crippen molar-refractivity contribution in [1.82, 2.24) is 10.2 Å². The van der Waals surface area contributed by atoms with E-state index in [1.54, 1.807) is 0 Å². The highest BCUT2D eigenvalue weighted by Gasteiger charge is 2.28. The van der Waals surface area contributed by atoms with Crippen molar-refractivity contribution in [1.29, 1.82) is 0 Å². The van der Waals surface area contributed by atoms with Crippen LogP contribution in [0.15, 0.2) is 18.2 Å². The molecule has 1 N–H and O–H groups in total. The summed E-state index contributed by atoms with van der Waals surface area (Å²) in [5.41, 5.74) is 2.75. The number of piperazine rings is 1. The predicted octanol–water partition coefficient (Wildman–Crippen LogP) is 2.37. The van der Waals surface area contributed by atoms with Gasteiger partial charge in [0, 0.05) is 31.7 Å². The normalized spacial score (nSPS) is 19.4. The summed E-state index contributed by atoms with van der Waals surface area (Å²) in [5.74, 6) is 0.991. The number of aryl methyl sites for hydroxylation is 2. The molecule has 1 fully saturated rings. The summed E-state index contributed by atoms with van der Waals surface area (Å²) in [7, 11) is 0. The van der Waals surface area contributed by atoms with Crippen LogP contribution in [-0.2, 0) is 0 Å². The topological polar surface area (TPSA) is 24.5 Å². The predicted molar refractivity (Wildman–Crippen MR) is 79.9 cm³/mol. The van der Waals surface area contributed by atoms with Crippen molar-refractivity contribution in [2.75, 3.05) is 32.8 Å². The molecule has 1 aromatic rings. The monoisotopic (exact) mass is 262 g/mol. The Morgan fingerprint density at radius 2 is 1.89 bits per heavy atom. The molecule has 3 nitrogen and oxygen atoms in total. The first-order valence-electron chi connectivity index (χ1n) is 7.14. The van der Waals surface area contributed by atoms with E-state index >= 15 is 0 Å². The number of nitrogens with zero attached hydrogens (tertiary/aromatic N) is 1. The third kappa shape index (κ3) is 3.95. The molecule has 0 atom stereocenters. The van der Waals surface area contributed by atoms with E-state index in [4.69, 9.17) is 4.74 Å². The number of hydrogen-bond donors (Lipinski definition) is 1. The molecule has 2 rings (SSSR count). The minimum atomic E-state index is 0.226. The number of benzene rings is 1. The molecule has 19 heavy (non-hydrogen) atoms. The Bertz CT molecular complexity index is 409. The van der Waals surface area contributed by atoms with Gasteiger partial charge in [0.25, 0.3) is 0 Å². The summed E-state index contributed by atoms with van der Waals surface area (Å²) in [5, 5.41) is 3.45. The fourth-order valence-corrected chi connectivity index (χ4v) is 2.73. The molecule has 0 saturated carbocycles. The molecule has 0 aromatic heterocycles. The lowest BCUT2D eigenvalue weighted by Crippen LogP contribution is -2.58. The second-order valence-electron chi connectivity index (χ2n) is 6.15. The van der Waals surface area contributed by atoms with Gasteiger partial charge in [-0.2, -0.15) is 0 Å². The van der Waals surface area contributed by atoms with Gasteiger partial charge in [0.2, 0.25) is 0 Å². The van der Waals surface area contributed by atoms with Gasteiger partial charge < -0.3 is 10.1 Å². The Morgan fingerprint density at radius 3 is 2.53 bits per heavy atom. The lowest BCUT2D eigenvalue weighted by molar-refractivity contribution is 0.0743. The van der Waals surface area contributed by atoms with E-state index < -0.39 is 0 Å². The fraction of sp³-hybridized carbons (Fsp3) is 0.625. The molecular formula is C16H26N2O. The molecule has 106 valence electrons. The van der Waals surface area contributed by atoms with Crippen molar-refractivity contribution < 1.29 is 4.74 Å². The van der Waals surface area contributed by atoms with Crippen molar-refractivity contribution in [3.05, 3.63) is 29.3 Å². The Kier molecular flexibility index (Phi) is 4.48. The minimum absolute atomic E-state index is 0.226. The molecule has 0 spiro atoms. The maximum Gasteiger partial charge on any atom is 0.119 e. The average Bonchev–Trinajstić information content (AvgIpc) is 2.30. The first kappa shape index (κ1) is 14.4. The van der Waals surface area contributed by atoms with E-state index in [1.165, 1.54) is 11.1 Å². The van der Waals surface area contributed by atoms with Gasteiger partial charge >= 0.3 is 0 Å². The van der Waals surface area contributed by atoms with Crippen LogP contribution in [0.1, 0.15) is 25.0 Å². The molecule has 0 amide bonds. The van der Waals surface area contributed by atoms with Crippen LogP contribution in [0.25, 0.3) is 0 Å². The van der Waals surface area contributed by atoms with Gasteiger partial charge in [0.05, 0.1) is 0 Å². The molecule has 1 saturated heterocycles. The molecule has 1 aromatic carbocycles. The van der Waals surface area contributed by atoms with Gasteiger partial charge in [-0.15, -0.1) is 0 Å².